The first kappa shape index (κ1) is 24.9. The van der Waals surface area contributed by atoms with Crippen LogP contribution >= 0.6 is 0 Å². The monoisotopic (exact) mass is 356 g/mol. The molecule has 0 bridgehead atoms. The highest BCUT2D eigenvalue weighted by molar-refractivity contribution is 4.61. The first-order chi connectivity index (χ1) is 12.1. The van der Waals surface area contributed by atoms with Gasteiger partial charge < -0.3 is 10.2 Å². The van der Waals surface area contributed by atoms with Crippen LogP contribution in [0.25, 0.3) is 0 Å². The summed E-state index contributed by atoms with van der Waals surface area (Å²) in [6.07, 6.45) is 25.5. The third-order valence-corrected chi connectivity index (χ3v) is 5.50. The van der Waals surface area contributed by atoms with Gasteiger partial charge in [-0.25, -0.2) is 0 Å². The van der Waals surface area contributed by atoms with Crippen LogP contribution < -0.4 is 0 Å². The van der Waals surface area contributed by atoms with Crippen molar-refractivity contribution in [3.8, 4) is 0 Å². The van der Waals surface area contributed by atoms with Crippen LogP contribution in [0.4, 0.5) is 0 Å². The van der Waals surface area contributed by atoms with E-state index in [9.17, 15) is 10.2 Å². The fourth-order valence-corrected chi connectivity index (χ4v) is 3.49. The minimum atomic E-state index is -1.42. The molecule has 0 atom stereocenters. The molecule has 2 heteroatoms. The Morgan fingerprint density at radius 2 is 0.720 bits per heavy atom. The van der Waals surface area contributed by atoms with E-state index in [2.05, 4.69) is 6.92 Å². The third-order valence-electron chi connectivity index (χ3n) is 5.50. The molecule has 0 fully saturated rings. The molecule has 0 aromatic carbocycles. The second-order valence-corrected chi connectivity index (χ2v) is 8.10. The highest BCUT2D eigenvalue weighted by atomic mass is 16.5. The Balaban J connectivity index is 3.05. The maximum atomic E-state index is 9.51. The van der Waals surface area contributed by atoms with E-state index < -0.39 is 5.79 Å². The zero-order valence-electron chi connectivity index (χ0n) is 17.5. The largest absolute Gasteiger partial charge is 0.366 e. The van der Waals surface area contributed by atoms with E-state index in [0.29, 0.717) is 12.8 Å². The highest BCUT2D eigenvalue weighted by Crippen LogP contribution is 2.17. The van der Waals surface area contributed by atoms with Crippen molar-refractivity contribution < 1.29 is 10.2 Å². The second-order valence-electron chi connectivity index (χ2n) is 8.10. The van der Waals surface area contributed by atoms with Crippen LogP contribution in [0.2, 0.25) is 0 Å². The first-order valence-electron chi connectivity index (χ1n) is 11.6. The summed E-state index contributed by atoms with van der Waals surface area (Å²) in [4.78, 5) is 0. The van der Waals surface area contributed by atoms with Gasteiger partial charge in [-0.15, -0.1) is 0 Å². The van der Waals surface area contributed by atoms with Crippen LogP contribution in [0.15, 0.2) is 0 Å². The molecule has 0 spiro atoms. The molecule has 2 nitrogen and oxygen atoms in total. The summed E-state index contributed by atoms with van der Waals surface area (Å²) in [6.45, 7) is 4.11. The lowest BCUT2D eigenvalue weighted by Crippen LogP contribution is -2.26. The van der Waals surface area contributed by atoms with Crippen molar-refractivity contribution in [3.05, 3.63) is 0 Å². The molecule has 0 aliphatic rings. The Morgan fingerprint density at radius 3 is 1.00 bits per heavy atom. The van der Waals surface area contributed by atoms with Gasteiger partial charge in [-0.05, 0) is 12.8 Å². The molecular weight excluding hydrogens is 308 g/mol. The maximum Gasteiger partial charge on any atom is 0.162 e. The van der Waals surface area contributed by atoms with Gasteiger partial charge >= 0.3 is 0 Å². The van der Waals surface area contributed by atoms with Crippen molar-refractivity contribution in [2.45, 2.75) is 148 Å². The van der Waals surface area contributed by atoms with Crippen LogP contribution in [-0.2, 0) is 0 Å². The summed E-state index contributed by atoms with van der Waals surface area (Å²) in [5, 5.41) is 19.0. The molecule has 0 amide bonds. The van der Waals surface area contributed by atoms with E-state index in [1.807, 2.05) is 6.92 Å². The van der Waals surface area contributed by atoms with Gasteiger partial charge in [-0.2, -0.15) is 0 Å². The van der Waals surface area contributed by atoms with Crippen LogP contribution in [0.1, 0.15) is 142 Å². The van der Waals surface area contributed by atoms with Crippen LogP contribution in [0, 0.1) is 0 Å². The SMILES string of the molecule is CCCCCCCCCCCCCCCCCCCCC(O)(O)CC. The quantitative estimate of drug-likeness (QED) is 0.175. The molecule has 25 heavy (non-hydrogen) atoms. The number of hydrogen-bond acceptors (Lipinski definition) is 2. The molecular formula is C23H48O2. The molecule has 0 saturated heterocycles. The smallest absolute Gasteiger partial charge is 0.162 e. The minimum absolute atomic E-state index is 0.436. The van der Waals surface area contributed by atoms with E-state index in [1.54, 1.807) is 0 Å². The van der Waals surface area contributed by atoms with E-state index in [0.717, 1.165) is 12.8 Å². The number of aliphatic hydroxyl groups is 2. The molecule has 0 radical (unpaired) electrons. The van der Waals surface area contributed by atoms with Crippen LogP contribution in [0.5, 0.6) is 0 Å². The molecule has 0 rings (SSSR count). The Kier molecular flexibility index (Phi) is 18.6. The minimum Gasteiger partial charge on any atom is -0.366 e. The molecule has 152 valence electrons. The van der Waals surface area contributed by atoms with Crippen molar-refractivity contribution in [3.63, 3.8) is 0 Å². The van der Waals surface area contributed by atoms with Gasteiger partial charge in [0.05, 0.1) is 0 Å². The van der Waals surface area contributed by atoms with Crippen LogP contribution in [0.3, 0.4) is 0 Å². The van der Waals surface area contributed by atoms with E-state index in [1.165, 1.54) is 103 Å². The van der Waals surface area contributed by atoms with Crippen molar-refractivity contribution >= 4 is 0 Å². The molecule has 0 saturated carbocycles. The predicted octanol–water partition coefficient (Wildman–Crippen LogP) is 7.51. The summed E-state index contributed by atoms with van der Waals surface area (Å²) in [7, 11) is 0. The summed E-state index contributed by atoms with van der Waals surface area (Å²) < 4.78 is 0. The lowest BCUT2D eigenvalue weighted by molar-refractivity contribution is -0.167. The molecule has 0 aromatic heterocycles. The zero-order valence-corrected chi connectivity index (χ0v) is 17.5. The Bertz CT molecular complexity index is 250. The summed E-state index contributed by atoms with van der Waals surface area (Å²) >= 11 is 0. The molecule has 0 aliphatic carbocycles. The zero-order chi connectivity index (χ0) is 18.6. The first-order valence-corrected chi connectivity index (χ1v) is 11.6. The third kappa shape index (κ3) is 20.1. The van der Waals surface area contributed by atoms with Gasteiger partial charge in [0.1, 0.15) is 0 Å². The van der Waals surface area contributed by atoms with Crippen molar-refractivity contribution in [1.82, 2.24) is 0 Å². The fourth-order valence-electron chi connectivity index (χ4n) is 3.49. The lowest BCUT2D eigenvalue weighted by Gasteiger charge is -2.19. The number of unbranched alkanes of at least 4 members (excludes halogenated alkanes) is 17. The highest BCUT2D eigenvalue weighted by Gasteiger charge is 2.18. The van der Waals surface area contributed by atoms with Crippen molar-refractivity contribution in [1.29, 1.82) is 0 Å². The molecule has 0 unspecified atom stereocenters. The number of rotatable bonds is 20. The summed E-state index contributed by atoms with van der Waals surface area (Å²) in [5.41, 5.74) is 0. The normalized spacial score (nSPS) is 12.0. The molecule has 0 aromatic rings. The van der Waals surface area contributed by atoms with Gasteiger partial charge in [-0.3, -0.25) is 0 Å². The fraction of sp³-hybridized carbons (Fsp3) is 1.00. The van der Waals surface area contributed by atoms with Gasteiger partial charge in [0.25, 0.3) is 0 Å². The lowest BCUT2D eigenvalue weighted by atomic mass is 10.0. The van der Waals surface area contributed by atoms with Gasteiger partial charge in [0, 0.05) is 6.42 Å². The Hall–Kier alpha value is -0.0800. The molecule has 0 heterocycles. The van der Waals surface area contributed by atoms with Crippen LogP contribution in [-0.4, -0.2) is 16.0 Å². The average molecular weight is 357 g/mol. The van der Waals surface area contributed by atoms with Crippen molar-refractivity contribution in [2.24, 2.45) is 0 Å². The standard InChI is InChI=1S/C23H48O2/c1-3-5-6-7-8-9-10-11-12-13-14-15-16-17-18-19-20-21-22-23(24,25)4-2/h24-25H,3-22H2,1-2H3. The maximum absolute atomic E-state index is 9.51. The topological polar surface area (TPSA) is 40.5 Å². The summed E-state index contributed by atoms with van der Waals surface area (Å²) in [6, 6.07) is 0. The Morgan fingerprint density at radius 1 is 0.440 bits per heavy atom. The molecule has 2 N–H and O–H groups in total. The average Bonchev–Trinajstić information content (AvgIpc) is 2.60. The predicted molar refractivity (Wildman–Crippen MR) is 111 cm³/mol. The Labute approximate surface area is 158 Å². The van der Waals surface area contributed by atoms with Gasteiger partial charge in [0.2, 0.25) is 0 Å². The van der Waals surface area contributed by atoms with Gasteiger partial charge in [0.15, 0.2) is 5.79 Å². The van der Waals surface area contributed by atoms with E-state index in [4.69, 9.17) is 0 Å². The molecule has 0 aliphatic heterocycles. The van der Waals surface area contributed by atoms with Gasteiger partial charge in [-0.1, -0.05) is 123 Å². The van der Waals surface area contributed by atoms with E-state index >= 15 is 0 Å². The summed E-state index contributed by atoms with van der Waals surface area (Å²) in [5.74, 6) is -1.42. The number of hydrogen-bond donors (Lipinski definition) is 2. The van der Waals surface area contributed by atoms with E-state index in [-0.39, 0.29) is 0 Å². The second kappa shape index (κ2) is 18.7. The van der Waals surface area contributed by atoms with Crippen molar-refractivity contribution in [2.75, 3.05) is 0 Å².